The molecule has 0 bridgehead atoms. The number of hydrogen-bond acceptors (Lipinski definition) is 5. The number of carbonyl (C=O) groups is 2. The van der Waals surface area contributed by atoms with Gasteiger partial charge in [-0.25, -0.2) is 10.2 Å². The number of nitrogens with zero attached hydrogens (tertiary/aromatic N) is 1. The molecular weight excluding hydrogens is 416 g/mol. The number of amides is 1. The van der Waals surface area contributed by atoms with Crippen molar-refractivity contribution in [3.8, 4) is 11.5 Å². The second kappa shape index (κ2) is 9.78. The molecule has 0 aromatic heterocycles. The first kappa shape index (κ1) is 21.8. The van der Waals surface area contributed by atoms with Gasteiger partial charge in [-0.05, 0) is 59.7 Å². The molecule has 33 heavy (non-hydrogen) atoms. The van der Waals surface area contributed by atoms with Crippen molar-refractivity contribution in [1.29, 1.82) is 0 Å². The van der Waals surface area contributed by atoms with Gasteiger partial charge in [-0.1, -0.05) is 48.5 Å². The number of nitrogens with one attached hydrogen (secondary N) is 1. The Balaban J connectivity index is 1.62. The van der Waals surface area contributed by atoms with Crippen molar-refractivity contribution in [3.63, 3.8) is 0 Å². The number of carbonyl (C=O) groups excluding carboxylic acids is 2. The summed E-state index contributed by atoms with van der Waals surface area (Å²) in [7, 11) is 1.56. The highest BCUT2D eigenvalue weighted by Gasteiger charge is 2.14. The van der Waals surface area contributed by atoms with Gasteiger partial charge in [0.1, 0.15) is 11.5 Å². The topological polar surface area (TPSA) is 77.0 Å². The van der Waals surface area contributed by atoms with Crippen LogP contribution in [0.4, 0.5) is 0 Å². The molecule has 0 radical (unpaired) electrons. The lowest BCUT2D eigenvalue weighted by molar-refractivity contribution is 0.0734. The van der Waals surface area contributed by atoms with Crippen LogP contribution in [0.2, 0.25) is 0 Å². The van der Waals surface area contributed by atoms with E-state index in [0.717, 1.165) is 16.3 Å². The molecule has 4 aromatic carbocycles. The summed E-state index contributed by atoms with van der Waals surface area (Å²) in [4.78, 5) is 25.2. The van der Waals surface area contributed by atoms with Crippen LogP contribution in [0.15, 0.2) is 90.0 Å². The quantitative estimate of drug-likeness (QED) is 0.196. The molecule has 0 aliphatic carbocycles. The number of hydrogen-bond donors (Lipinski definition) is 1. The molecule has 1 amide bonds. The third-order valence-electron chi connectivity index (χ3n) is 5.21. The van der Waals surface area contributed by atoms with Gasteiger partial charge in [-0.3, -0.25) is 4.79 Å². The Bertz CT molecular complexity index is 1340. The molecule has 0 aliphatic heterocycles. The largest absolute Gasteiger partial charge is 0.497 e. The van der Waals surface area contributed by atoms with Crippen LogP contribution in [-0.2, 0) is 0 Å². The van der Waals surface area contributed by atoms with Gasteiger partial charge in [0.25, 0.3) is 5.91 Å². The molecule has 164 valence electrons. The number of rotatable bonds is 6. The van der Waals surface area contributed by atoms with E-state index in [1.165, 1.54) is 6.21 Å². The van der Waals surface area contributed by atoms with Crippen LogP contribution in [0.25, 0.3) is 10.8 Å². The third-order valence-corrected chi connectivity index (χ3v) is 5.21. The summed E-state index contributed by atoms with van der Waals surface area (Å²) in [6.07, 6.45) is 1.50. The van der Waals surface area contributed by atoms with E-state index in [1.54, 1.807) is 49.6 Å². The van der Waals surface area contributed by atoms with Crippen molar-refractivity contribution in [3.05, 3.63) is 107 Å². The Kier molecular flexibility index (Phi) is 6.45. The zero-order valence-corrected chi connectivity index (χ0v) is 18.2. The molecule has 6 nitrogen and oxygen atoms in total. The molecule has 4 aromatic rings. The lowest BCUT2D eigenvalue weighted by Gasteiger charge is -2.11. The summed E-state index contributed by atoms with van der Waals surface area (Å²) in [6, 6.07) is 25.2. The van der Waals surface area contributed by atoms with Gasteiger partial charge in [0.2, 0.25) is 0 Å². The van der Waals surface area contributed by atoms with Crippen molar-refractivity contribution < 1.29 is 19.1 Å². The molecule has 6 heteroatoms. The Morgan fingerprint density at radius 2 is 1.61 bits per heavy atom. The van der Waals surface area contributed by atoms with Crippen LogP contribution in [-0.4, -0.2) is 25.2 Å². The predicted octanol–water partition coefficient (Wildman–Crippen LogP) is 5.14. The van der Waals surface area contributed by atoms with E-state index < -0.39 is 5.97 Å². The average molecular weight is 438 g/mol. The molecule has 1 N–H and O–H groups in total. The van der Waals surface area contributed by atoms with Crippen molar-refractivity contribution in [1.82, 2.24) is 5.43 Å². The van der Waals surface area contributed by atoms with E-state index in [0.29, 0.717) is 28.2 Å². The molecule has 0 fully saturated rings. The Hall–Kier alpha value is -4.45. The summed E-state index contributed by atoms with van der Waals surface area (Å²) < 4.78 is 10.8. The SMILES string of the molecule is COc1ccc(C(=O)Oc2ccc3ccccc3c2/C=N\NC(=O)c2ccccc2C)cc1. The standard InChI is InChI=1S/C27H22N2O4/c1-18-7-3-5-9-22(18)26(30)29-28-17-24-23-10-6-4-8-19(23)13-16-25(24)33-27(31)20-11-14-21(32-2)15-12-20/h3-17H,1-2H3,(H,29,30)/b28-17-. The van der Waals surface area contributed by atoms with Crippen LogP contribution in [0, 0.1) is 6.92 Å². The highest BCUT2D eigenvalue weighted by molar-refractivity contribution is 6.04. The Morgan fingerprint density at radius 3 is 2.36 bits per heavy atom. The van der Waals surface area contributed by atoms with Crippen LogP contribution in [0.1, 0.15) is 31.8 Å². The predicted molar refractivity (Wildman–Crippen MR) is 128 cm³/mol. The smallest absolute Gasteiger partial charge is 0.343 e. The monoisotopic (exact) mass is 438 g/mol. The summed E-state index contributed by atoms with van der Waals surface area (Å²) >= 11 is 0. The number of aryl methyl sites for hydroxylation is 1. The number of benzene rings is 4. The van der Waals surface area contributed by atoms with E-state index >= 15 is 0 Å². The first-order chi connectivity index (χ1) is 16.1. The fraction of sp³-hybridized carbons (Fsp3) is 0.0741. The summed E-state index contributed by atoms with van der Waals surface area (Å²) in [5.74, 6) is 0.158. The molecule has 0 heterocycles. The third kappa shape index (κ3) is 4.91. The lowest BCUT2D eigenvalue weighted by Crippen LogP contribution is -2.18. The van der Waals surface area contributed by atoms with Gasteiger partial charge in [-0.2, -0.15) is 5.10 Å². The number of methoxy groups -OCH3 is 1. The maximum absolute atomic E-state index is 12.7. The second-order valence-electron chi connectivity index (χ2n) is 7.33. The fourth-order valence-corrected chi connectivity index (χ4v) is 3.43. The van der Waals surface area contributed by atoms with E-state index in [2.05, 4.69) is 10.5 Å². The first-order valence-electron chi connectivity index (χ1n) is 10.3. The zero-order valence-electron chi connectivity index (χ0n) is 18.2. The molecule has 0 aliphatic rings. The van der Waals surface area contributed by atoms with Crippen LogP contribution in [0.5, 0.6) is 11.5 Å². The summed E-state index contributed by atoms with van der Waals surface area (Å²) in [6.45, 7) is 1.86. The van der Waals surface area contributed by atoms with E-state index in [9.17, 15) is 9.59 Å². The van der Waals surface area contributed by atoms with Gasteiger partial charge in [-0.15, -0.1) is 0 Å². The van der Waals surface area contributed by atoms with Crippen LogP contribution >= 0.6 is 0 Å². The molecule has 0 saturated carbocycles. The molecule has 4 rings (SSSR count). The summed E-state index contributed by atoms with van der Waals surface area (Å²) in [5, 5.41) is 5.93. The van der Waals surface area contributed by atoms with Gasteiger partial charge in [0.15, 0.2) is 0 Å². The lowest BCUT2D eigenvalue weighted by atomic mass is 10.0. The average Bonchev–Trinajstić information content (AvgIpc) is 2.85. The highest BCUT2D eigenvalue weighted by Crippen LogP contribution is 2.27. The van der Waals surface area contributed by atoms with Gasteiger partial charge >= 0.3 is 5.97 Å². The number of hydrazone groups is 1. The van der Waals surface area contributed by atoms with Gasteiger partial charge in [0.05, 0.1) is 18.9 Å². The molecule has 0 saturated heterocycles. The van der Waals surface area contributed by atoms with Gasteiger partial charge in [0, 0.05) is 11.1 Å². The fourth-order valence-electron chi connectivity index (χ4n) is 3.43. The van der Waals surface area contributed by atoms with Crippen molar-refractivity contribution in [2.75, 3.05) is 7.11 Å². The minimum Gasteiger partial charge on any atom is -0.497 e. The molecule has 0 unspecified atom stereocenters. The Labute approximate surface area is 191 Å². The maximum Gasteiger partial charge on any atom is 0.343 e. The van der Waals surface area contributed by atoms with E-state index in [-0.39, 0.29) is 5.91 Å². The van der Waals surface area contributed by atoms with Gasteiger partial charge < -0.3 is 9.47 Å². The number of fused-ring (bicyclic) bond motifs is 1. The molecular formula is C27H22N2O4. The minimum atomic E-state index is -0.508. The van der Waals surface area contributed by atoms with Crippen LogP contribution in [0.3, 0.4) is 0 Å². The molecule has 0 atom stereocenters. The summed E-state index contributed by atoms with van der Waals surface area (Å²) in [5.41, 5.74) is 4.92. The van der Waals surface area contributed by atoms with E-state index in [1.807, 2.05) is 49.4 Å². The van der Waals surface area contributed by atoms with Crippen molar-refractivity contribution >= 4 is 28.9 Å². The minimum absolute atomic E-state index is 0.318. The zero-order chi connectivity index (χ0) is 23.2. The Morgan fingerprint density at radius 1 is 0.879 bits per heavy atom. The van der Waals surface area contributed by atoms with Crippen molar-refractivity contribution in [2.45, 2.75) is 6.92 Å². The second-order valence-corrected chi connectivity index (χ2v) is 7.33. The van der Waals surface area contributed by atoms with Crippen LogP contribution < -0.4 is 14.9 Å². The normalized spacial score (nSPS) is 10.8. The first-order valence-corrected chi connectivity index (χ1v) is 10.3. The van der Waals surface area contributed by atoms with Crippen molar-refractivity contribution in [2.24, 2.45) is 5.10 Å². The number of esters is 1. The highest BCUT2D eigenvalue weighted by atomic mass is 16.5. The van der Waals surface area contributed by atoms with E-state index in [4.69, 9.17) is 9.47 Å². The molecule has 0 spiro atoms. The number of ether oxygens (including phenoxy) is 2. The maximum atomic E-state index is 12.7.